The minimum Gasteiger partial charge on any atom is -0.316 e. The standard InChI is InChI=1S/C17H29N/c1-6-17(7-2,15-11-9-8-10-12-15)16(18-5)13-14(3)4/h8-12,14,16,18H,6-7,13H2,1-5H3. The van der Waals surface area contributed by atoms with Gasteiger partial charge in [0.2, 0.25) is 0 Å². The molecule has 0 saturated carbocycles. The van der Waals surface area contributed by atoms with E-state index in [0.717, 1.165) is 5.92 Å². The number of likely N-dealkylation sites (N-methyl/N-ethyl adjacent to an activating group) is 1. The van der Waals surface area contributed by atoms with Crippen molar-refractivity contribution in [2.24, 2.45) is 5.92 Å². The van der Waals surface area contributed by atoms with E-state index in [0.29, 0.717) is 6.04 Å². The van der Waals surface area contributed by atoms with Gasteiger partial charge >= 0.3 is 0 Å². The second-order valence-electron chi connectivity index (χ2n) is 5.70. The van der Waals surface area contributed by atoms with Gasteiger partial charge in [0.15, 0.2) is 0 Å². The molecular weight excluding hydrogens is 218 g/mol. The van der Waals surface area contributed by atoms with Gasteiger partial charge in [-0.3, -0.25) is 0 Å². The molecule has 18 heavy (non-hydrogen) atoms. The van der Waals surface area contributed by atoms with Crippen LogP contribution in [0, 0.1) is 5.92 Å². The number of benzene rings is 1. The second-order valence-corrected chi connectivity index (χ2v) is 5.70. The van der Waals surface area contributed by atoms with E-state index in [4.69, 9.17) is 0 Å². The highest BCUT2D eigenvalue weighted by Crippen LogP contribution is 2.37. The lowest BCUT2D eigenvalue weighted by molar-refractivity contribution is 0.249. The van der Waals surface area contributed by atoms with E-state index in [-0.39, 0.29) is 5.41 Å². The predicted molar refractivity (Wildman–Crippen MR) is 81.0 cm³/mol. The van der Waals surface area contributed by atoms with Crippen molar-refractivity contribution in [3.8, 4) is 0 Å². The topological polar surface area (TPSA) is 12.0 Å². The normalized spacial score (nSPS) is 13.9. The van der Waals surface area contributed by atoms with Crippen molar-refractivity contribution in [2.75, 3.05) is 7.05 Å². The number of hydrogen-bond donors (Lipinski definition) is 1. The third-order valence-corrected chi connectivity index (χ3v) is 4.33. The van der Waals surface area contributed by atoms with Crippen molar-refractivity contribution in [2.45, 2.75) is 58.4 Å². The molecule has 1 heteroatoms. The Morgan fingerprint density at radius 3 is 2.00 bits per heavy atom. The highest BCUT2D eigenvalue weighted by Gasteiger charge is 2.36. The van der Waals surface area contributed by atoms with Gasteiger partial charge in [0.05, 0.1) is 0 Å². The Hall–Kier alpha value is -0.820. The van der Waals surface area contributed by atoms with E-state index in [2.05, 4.69) is 70.4 Å². The smallest absolute Gasteiger partial charge is 0.0163 e. The van der Waals surface area contributed by atoms with Gasteiger partial charge in [-0.2, -0.15) is 0 Å². The van der Waals surface area contributed by atoms with Crippen LogP contribution >= 0.6 is 0 Å². The zero-order chi connectivity index (χ0) is 13.6. The number of rotatable bonds is 7. The molecule has 1 aromatic rings. The molecule has 0 saturated heterocycles. The first-order valence-electron chi connectivity index (χ1n) is 7.33. The van der Waals surface area contributed by atoms with Gasteiger partial charge in [-0.05, 0) is 37.8 Å². The summed E-state index contributed by atoms with van der Waals surface area (Å²) < 4.78 is 0. The van der Waals surface area contributed by atoms with Crippen molar-refractivity contribution < 1.29 is 0 Å². The van der Waals surface area contributed by atoms with E-state index in [1.54, 1.807) is 0 Å². The maximum Gasteiger partial charge on any atom is 0.0163 e. The van der Waals surface area contributed by atoms with E-state index in [1.165, 1.54) is 24.8 Å². The van der Waals surface area contributed by atoms with Gasteiger partial charge in [-0.1, -0.05) is 58.0 Å². The van der Waals surface area contributed by atoms with Crippen molar-refractivity contribution in [1.29, 1.82) is 0 Å². The summed E-state index contributed by atoms with van der Waals surface area (Å²) in [5.41, 5.74) is 1.75. The summed E-state index contributed by atoms with van der Waals surface area (Å²) in [6.45, 7) is 9.26. The van der Waals surface area contributed by atoms with E-state index in [1.807, 2.05) is 0 Å². The van der Waals surface area contributed by atoms with Crippen LogP contribution in [-0.4, -0.2) is 13.1 Å². The first-order valence-corrected chi connectivity index (χ1v) is 7.33. The molecule has 0 spiro atoms. The maximum atomic E-state index is 3.57. The Bertz CT molecular complexity index is 325. The van der Waals surface area contributed by atoms with Crippen LogP contribution in [0.5, 0.6) is 0 Å². The molecule has 1 aromatic carbocycles. The van der Waals surface area contributed by atoms with Gasteiger partial charge in [-0.15, -0.1) is 0 Å². The molecule has 1 unspecified atom stereocenters. The Morgan fingerprint density at radius 2 is 1.61 bits per heavy atom. The molecule has 1 nitrogen and oxygen atoms in total. The molecule has 0 amide bonds. The molecule has 1 N–H and O–H groups in total. The average Bonchev–Trinajstić information content (AvgIpc) is 2.40. The molecular formula is C17H29N. The van der Waals surface area contributed by atoms with Crippen LogP contribution in [0.15, 0.2) is 30.3 Å². The van der Waals surface area contributed by atoms with Gasteiger partial charge in [0, 0.05) is 11.5 Å². The zero-order valence-corrected chi connectivity index (χ0v) is 12.7. The summed E-state index contributed by atoms with van der Waals surface area (Å²) in [6.07, 6.45) is 3.60. The predicted octanol–water partition coefficient (Wildman–Crippen LogP) is 4.38. The SMILES string of the molecule is CCC(CC)(c1ccccc1)C(CC(C)C)NC. The lowest BCUT2D eigenvalue weighted by atomic mass is 9.68. The Labute approximate surface area is 113 Å². The summed E-state index contributed by atoms with van der Waals surface area (Å²) in [4.78, 5) is 0. The lowest BCUT2D eigenvalue weighted by Crippen LogP contribution is -2.47. The van der Waals surface area contributed by atoms with Gasteiger partial charge in [-0.25, -0.2) is 0 Å². The summed E-state index contributed by atoms with van der Waals surface area (Å²) in [6, 6.07) is 11.6. The van der Waals surface area contributed by atoms with Crippen LogP contribution in [0.25, 0.3) is 0 Å². The quantitative estimate of drug-likeness (QED) is 0.754. The fraction of sp³-hybridized carbons (Fsp3) is 0.647. The average molecular weight is 247 g/mol. The highest BCUT2D eigenvalue weighted by atomic mass is 14.9. The monoisotopic (exact) mass is 247 g/mol. The molecule has 0 heterocycles. The summed E-state index contributed by atoms with van der Waals surface area (Å²) >= 11 is 0. The third kappa shape index (κ3) is 3.14. The zero-order valence-electron chi connectivity index (χ0n) is 12.7. The molecule has 0 aromatic heterocycles. The molecule has 0 fully saturated rings. The van der Waals surface area contributed by atoms with Crippen LogP contribution in [0.3, 0.4) is 0 Å². The van der Waals surface area contributed by atoms with Crippen molar-refractivity contribution >= 4 is 0 Å². The van der Waals surface area contributed by atoms with Crippen LogP contribution in [0.2, 0.25) is 0 Å². The molecule has 1 atom stereocenters. The molecule has 0 aliphatic rings. The molecule has 1 rings (SSSR count). The van der Waals surface area contributed by atoms with Gasteiger partial charge in [0.25, 0.3) is 0 Å². The van der Waals surface area contributed by atoms with Crippen molar-refractivity contribution in [1.82, 2.24) is 5.32 Å². The van der Waals surface area contributed by atoms with E-state index < -0.39 is 0 Å². The number of nitrogens with one attached hydrogen (secondary N) is 1. The first kappa shape index (κ1) is 15.2. The molecule has 0 aliphatic heterocycles. The molecule has 102 valence electrons. The van der Waals surface area contributed by atoms with Crippen molar-refractivity contribution in [3.05, 3.63) is 35.9 Å². The van der Waals surface area contributed by atoms with Gasteiger partial charge in [0.1, 0.15) is 0 Å². The van der Waals surface area contributed by atoms with Gasteiger partial charge < -0.3 is 5.32 Å². The molecule has 0 aliphatic carbocycles. The molecule has 0 bridgehead atoms. The fourth-order valence-electron chi connectivity index (χ4n) is 3.21. The minimum atomic E-state index is 0.264. The fourth-order valence-corrected chi connectivity index (χ4v) is 3.21. The van der Waals surface area contributed by atoms with E-state index in [9.17, 15) is 0 Å². The summed E-state index contributed by atoms with van der Waals surface area (Å²) in [5, 5.41) is 3.57. The van der Waals surface area contributed by atoms with Crippen LogP contribution in [0.1, 0.15) is 52.5 Å². The lowest BCUT2D eigenvalue weighted by Gasteiger charge is -2.41. The van der Waals surface area contributed by atoms with Crippen LogP contribution < -0.4 is 5.32 Å². The van der Waals surface area contributed by atoms with Crippen molar-refractivity contribution in [3.63, 3.8) is 0 Å². The Morgan fingerprint density at radius 1 is 1.06 bits per heavy atom. The number of hydrogen-bond acceptors (Lipinski definition) is 1. The Kier molecular flexibility index (Phi) is 5.87. The minimum absolute atomic E-state index is 0.264. The van der Waals surface area contributed by atoms with Crippen LogP contribution in [-0.2, 0) is 5.41 Å². The maximum absolute atomic E-state index is 3.57. The molecule has 0 radical (unpaired) electrons. The third-order valence-electron chi connectivity index (χ3n) is 4.33. The second kappa shape index (κ2) is 6.94. The largest absolute Gasteiger partial charge is 0.316 e. The van der Waals surface area contributed by atoms with Crippen LogP contribution in [0.4, 0.5) is 0 Å². The Balaban J connectivity index is 3.12. The highest BCUT2D eigenvalue weighted by molar-refractivity contribution is 5.27. The first-order chi connectivity index (χ1) is 8.60. The summed E-state index contributed by atoms with van der Waals surface area (Å²) in [7, 11) is 2.11. The summed E-state index contributed by atoms with van der Waals surface area (Å²) in [5.74, 6) is 0.726. The van der Waals surface area contributed by atoms with E-state index >= 15 is 0 Å².